The van der Waals surface area contributed by atoms with Gasteiger partial charge in [-0.2, -0.15) is 0 Å². The lowest BCUT2D eigenvalue weighted by molar-refractivity contribution is -0.147. The number of amides is 4. The number of hydrogen-bond acceptors (Lipinski definition) is 7. The molecule has 0 unspecified atom stereocenters. The molecular formula is C20H22N4O5S. The van der Waals surface area contributed by atoms with Crippen LogP contribution in [-0.4, -0.2) is 42.0 Å². The average Bonchev–Trinajstić information content (AvgIpc) is 3.31. The highest BCUT2D eigenvalue weighted by Crippen LogP contribution is 2.25. The molecule has 1 aromatic carbocycles. The standard InChI is InChI=1S/C20H22N4O5S/c1-12-5-6-14(8-13(12)2)21-19(28)23-16(25)10-29-18(27)9-15-11-30-20(22-15)24-7-3-4-17(24)26/h5-6,8,11H,3-4,7,9-10H2,1-2H3,(H2,21,23,25,28). The van der Waals surface area contributed by atoms with Crippen molar-refractivity contribution >= 4 is 46.0 Å². The quantitative estimate of drug-likeness (QED) is 0.679. The van der Waals surface area contributed by atoms with Crippen molar-refractivity contribution in [2.75, 3.05) is 23.4 Å². The van der Waals surface area contributed by atoms with Gasteiger partial charge in [0, 0.05) is 24.0 Å². The molecule has 1 aliphatic heterocycles. The minimum absolute atomic E-state index is 0.0224. The van der Waals surface area contributed by atoms with Gasteiger partial charge in [-0.05, 0) is 43.5 Å². The summed E-state index contributed by atoms with van der Waals surface area (Å²) in [4.78, 5) is 53.3. The van der Waals surface area contributed by atoms with Crippen LogP contribution in [0.2, 0.25) is 0 Å². The molecule has 2 aromatic rings. The van der Waals surface area contributed by atoms with Crippen molar-refractivity contribution in [3.05, 3.63) is 40.4 Å². The minimum atomic E-state index is -0.744. The van der Waals surface area contributed by atoms with E-state index in [4.69, 9.17) is 4.74 Å². The van der Waals surface area contributed by atoms with E-state index in [9.17, 15) is 19.2 Å². The maximum Gasteiger partial charge on any atom is 0.325 e. The minimum Gasteiger partial charge on any atom is -0.455 e. The Balaban J connectivity index is 1.41. The van der Waals surface area contributed by atoms with Crippen LogP contribution >= 0.6 is 11.3 Å². The molecule has 30 heavy (non-hydrogen) atoms. The zero-order chi connectivity index (χ0) is 21.7. The van der Waals surface area contributed by atoms with E-state index in [1.165, 1.54) is 11.3 Å². The van der Waals surface area contributed by atoms with Crippen LogP contribution in [0.1, 0.15) is 29.7 Å². The van der Waals surface area contributed by atoms with E-state index in [2.05, 4.69) is 15.6 Å². The number of hydrogen-bond donors (Lipinski definition) is 2. The highest BCUT2D eigenvalue weighted by Gasteiger charge is 2.24. The SMILES string of the molecule is Cc1ccc(NC(=O)NC(=O)COC(=O)Cc2csc(N3CCCC3=O)n2)cc1C. The molecule has 0 spiro atoms. The molecule has 1 fully saturated rings. The predicted octanol–water partition coefficient (Wildman–Crippen LogP) is 2.32. The van der Waals surface area contributed by atoms with E-state index >= 15 is 0 Å². The Labute approximate surface area is 177 Å². The summed E-state index contributed by atoms with van der Waals surface area (Å²) >= 11 is 1.28. The molecule has 0 atom stereocenters. The Hall–Kier alpha value is -3.27. The maximum atomic E-state index is 11.9. The number of aromatic nitrogens is 1. The van der Waals surface area contributed by atoms with Crippen LogP contribution in [0.4, 0.5) is 15.6 Å². The molecular weight excluding hydrogens is 408 g/mol. The number of thiazole rings is 1. The van der Waals surface area contributed by atoms with Gasteiger partial charge in [0.15, 0.2) is 11.7 Å². The summed E-state index contributed by atoms with van der Waals surface area (Å²) in [6, 6.07) is 4.67. The molecule has 10 heteroatoms. The smallest absolute Gasteiger partial charge is 0.325 e. The first-order valence-electron chi connectivity index (χ1n) is 9.40. The van der Waals surface area contributed by atoms with Crippen molar-refractivity contribution in [2.24, 2.45) is 0 Å². The molecule has 1 aliphatic rings. The lowest BCUT2D eigenvalue weighted by Gasteiger charge is -2.10. The lowest BCUT2D eigenvalue weighted by atomic mass is 10.1. The number of anilines is 2. The summed E-state index contributed by atoms with van der Waals surface area (Å²) in [5.74, 6) is -1.37. The van der Waals surface area contributed by atoms with Crippen molar-refractivity contribution in [2.45, 2.75) is 33.1 Å². The number of nitrogens with one attached hydrogen (secondary N) is 2. The van der Waals surface area contributed by atoms with E-state index in [0.717, 1.165) is 17.5 Å². The molecule has 9 nitrogen and oxygen atoms in total. The number of carbonyl (C=O) groups excluding carboxylic acids is 4. The third kappa shape index (κ3) is 5.63. The fourth-order valence-electron chi connectivity index (χ4n) is 2.84. The average molecular weight is 430 g/mol. The van der Waals surface area contributed by atoms with Crippen LogP contribution in [0.15, 0.2) is 23.6 Å². The monoisotopic (exact) mass is 430 g/mol. The molecule has 0 bridgehead atoms. The van der Waals surface area contributed by atoms with Crippen LogP contribution < -0.4 is 15.5 Å². The van der Waals surface area contributed by atoms with Gasteiger partial charge in [-0.15, -0.1) is 11.3 Å². The van der Waals surface area contributed by atoms with Crippen molar-refractivity contribution < 1.29 is 23.9 Å². The van der Waals surface area contributed by atoms with E-state index in [0.29, 0.717) is 29.5 Å². The second kappa shape index (κ2) is 9.49. The van der Waals surface area contributed by atoms with E-state index in [1.807, 2.05) is 19.9 Å². The summed E-state index contributed by atoms with van der Waals surface area (Å²) in [5, 5.41) is 6.89. The third-order valence-corrected chi connectivity index (χ3v) is 5.46. The van der Waals surface area contributed by atoms with Crippen molar-refractivity contribution in [3.8, 4) is 0 Å². The van der Waals surface area contributed by atoms with E-state index in [1.54, 1.807) is 22.4 Å². The van der Waals surface area contributed by atoms with Gasteiger partial charge in [0.25, 0.3) is 5.91 Å². The van der Waals surface area contributed by atoms with Gasteiger partial charge >= 0.3 is 12.0 Å². The maximum absolute atomic E-state index is 11.9. The third-order valence-electron chi connectivity index (χ3n) is 4.55. The van der Waals surface area contributed by atoms with Gasteiger partial charge in [0.1, 0.15) is 0 Å². The zero-order valence-corrected chi connectivity index (χ0v) is 17.5. The lowest BCUT2D eigenvalue weighted by Crippen LogP contribution is -2.37. The van der Waals surface area contributed by atoms with Crippen LogP contribution in [0.25, 0.3) is 0 Å². The number of carbonyl (C=O) groups is 4. The van der Waals surface area contributed by atoms with Crippen LogP contribution in [0, 0.1) is 13.8 Å². The molecule has 1 aromatic heterocycles. The fraction of sp³-hybridized carbons (Fsp3) is 0.350. The number of ether oxygens (including phenoxy) is 1. The van der Waals surface area contributed by atoms with Crippen LogP contribution in [0.5, 0.6) is 0 Å². The Kier molecular flexibility index (Phi) is 6.78. The van der Waals surface area contributed by atoms with Crippen LogP contribution in [0.3, 0.4) is 0 Å². The van der Waals surface area contributed by atoms with Crippen molar-refractivity contribution in [1.29, 1.82) is 0 Å². The first-order chi connectivity index (χ1) is 14.3. The summed E-state index contributed by atoms with van der Waals surface area (Å²) in [6.45, 7) is 3.91. The van der Waals surface area contributed by atoms with Gasteiger partial charge < -0.3 is 10.1 Å². The van der Waals surface area contributed by atoms with Crippen molar-refractivity contribution in [1.82, 2.24) is 10.3 Å². The molecule has 3 rings (SSSR count). The Morgan fingerprint density at radius 1 is 1.23 bits per heavy atom. The molecule has 0 saturated carbocycles. The molecule has 1 saturated heterocycles. The fourth-order valence-corrected chi connectivity index (χ4v) is 3.71. The number of benzene rings is 1. The van der Waals surface area contributed by atoms with Gasteiger partial charge in [-0.1, -0.05) is 6.07 Å². The van der Waals surface area contributed by atoms with Gasteiger partial charge in [-0.3, -0.25) is 24.6 Å². The number of esters is 1. The zero-order valence-electron chi connectivity index (χ0n) is 16.7. The summed E-state index contributed by atoms with van der Waals surface area (Å²) < 4.78 is 4.90. The number of urea groups is 1. The van der Waals surface area contributed by atoms with Gasteiger partial charge in [0.2, 0.25) is 5.91 Å². The van der Waals surface area contributed by atoms with Crippen LogP contribution in [-0.2, 0) is 25.5 Å². The topological polar surface area (TPSA) is 118 Å². The number of rotatable bonds is 6. The first kappa shape index (κ1) is 21.4. The molecule has 158 valence electrons. The number of aryl methyl sites for hydroxylation is 2. The first-order valence-corrected chi connectivity index (χ1v) is 10.3. The van der Waals surface area contributed by atoms with E-state index < -0.39 is 24.5 Å². The van der Waals surface area contributed by atoms with E-state index in [-0.39, 0.29) is 12.3 Å². The summed E-state index contributed by atoms with van der Waals surface area (Å²) in [6.07, 6.45) is 1.17. The van der Waals surface area contributed by atoms with Gasteiger partial charge in [-0.25, -0.2) is 9.78 Å². The number of nitrogens with zero attached hydrogens (tertiary/aromatic N) is 2. The Morgan fingerprint density at radius 3 is 2.73 bits per heavy atom. The number of imide groups is 1. The van der Waals surface area contributed by atoms with Crippen molar-refractivity contribution in [3.63, 3.8) is 0 Å². The molecule has 0 aliphatic carbocycles. The molecule has 4 amide bonds. The second-order valence-corrected chi connectivity index (χ2v) is 7.75. The second-order valence-electron chi connectivity index (χ2n) is 6.91. The summed E-state index contributed by atoms with van der Waals surface area (Å²) in [7, 11) is 0. The molecule has 2 N–H and O–H groups in total. The Morgan fingerprint density at radius 2 is 2.03 bits per heavy atom. The summed E-state index contributed by atoms with van der Waals surface area (Å²) in [5.41, 5.74) is 3.11. The highest BCUT2D eigenvalue weighted by molar-refractivity contribution is 7.14. The predicted molar refractivity (Wildman–Crippen MR) is 111 cm³/mol. The largest absolute Gasteiger partial charge is 0.455 e. The molecule has 2 heterocycles. The normalized spacial score (nSPS) is 13.3. The van der Waals surface area contributed by atoms with Gasteiger partial charge in [0.05, 0.1) is 12.1 Å². The molecule has 0 radical (unpaired) electrons. The highest BCUT2D eigenvalue weighted by atomic mass is 32.1. The Bertz CT molecular complexity index is 987.